The highest BCUT2D eigenvalue weighted by Crippen LogP contribution is 2.41. The number of hydrogen-bond donors (Lipinski definition) is 1. The van der Waals surface area contributed by atoms with E-state index in [1.54, 1.807) is 35.1 Å². The van der Waals surface area contributed by atoms with Crippen LogP contribution in [0, 0.1) is 5.82 Å². The van der Waals surface area contributed by atoms with Gasteiger partial charge in [0.15, 0.2) is 12.4 Å². The van der Waals surface area contributed by atoms with Crippen LogP contribution >= 0.6 is 11.6 Å². The van der Waals surface area contributed by atoms with Crippen molar-refractivity contribution in [1.82, 2.24) is 9.78 Å². The van der Waals surface area contributed by atoms with Gasteiger partial charge in [0.05, 0.1) is 22.6 Å². The van der Waals surface area contributed by atoms with Crippen molar-refractivity contribution in [3.8, 4) is 28.1 Å². The van der Waals surface area contributed by atoms with E-state index in [2.05, 4.69) is 10.4 Å². The number of nitrogens with zero attached hydrogens (tertiary/aromatic N) is 2. The van der Waals surface area contributed by atoms with Gasteiger partial charge in [-0.15, -0.1) is 0 Å². The molecule has 0 unspecified atom stereocenters. The van der Waals surface area contributed by atoms with Crippen LogP contribution in [-0.2, 0) is 11.8 Å². The zero-order valence-electron chi connectivity index (χ0n) is 13.2. The van der Waals surface area contributed by atoms with Gasteiger partial charge in [-0.3, -0.25) is 9.48 Å². The highest BCUT2D eigenvalue weighted by Gasteiger charge is 2.22. The standard InChI is InChI=1S/C18H13ClFN3O2/c1-23-17(10-2-4-12(20)5-3-10)13(8-21-23)11-6-14(19)18-15(7-11)22-16(24)9-25-18/h2-8H,9H2,1H3,(H,22,24). The van der Waals surface area contributed by atoms with Gasteiger partial charge in [-0.05, 0) is 42.0 Å². The van der Waals surface area contributed by atoms with Gasteiger partial charge in [0.25, 0.3) is 5.91 Å². The van der Waals surface area contributed by atoms with Gasteiger partial charge in [0, 0.05) is 18.2 Å². The van der Waals surface area contributed by atoms with Crippen LogP contribution in [-0.4, -0.2) is 22.3 Å². The van der Waals surface area contributed by atoms with E-state index >= 15 is 0 Å². The number of carbonyl (C=O) groups is 1. The molecule has 1 N–H and O–H groups in total. The van der Waals surface area contributed by atoms with Gasteiger partial charge in [0.2, 0.25) is 0 Å². The molecule has 4 rings (SSSR count). The van der Waals surface area contributed by atoms with E-state index in [9.17, 15) is 9.18 Å². The molecule has 2 aromatic carbocycles. The average molecular weight is 358 g/mol. The highest BCUT2D eigenvalue weighted by molar-refractivity contribution is 6.33. The Morgan fingerprint density at radius 2 is 2.00 bits per heavy atom. The number of hydrogen-bond acceptors (Lipinski definition) is 3. The van der Waals surface area contributed by atoms with E-state index in [0.717, 1.165) is 22.4 Å². The summed E-state index contributed by atoms with van der Waals surface area (Å²) in [5.74, 6) is -0.0768. The first-order chi connectivity index (χ1) is 12.0. The summed E-state index contributed by atoms with van der Waals surface area (Å²) < 4.78 is 20.3. The molecule has 0 radical (unpaired) electrons. The number of halogens is 2. The van der Waals surface area contributed by atoms with Crippen LogP contribution in [0.5, 0.6) is 5.75 Å². The maximum atomic E-state index is 13.2. The van der Waals surface area contributed by atoms with Crippen LogP contribution in [0.4, 0.5) is 10.1 Å². The molecule has 1 aliphatic heterocycles. The van der Waals surface area contributed by atoms with Crippen LogP contribution in [0.3, 0.4) is 0 Å². The molecule has 1 aliphatic rings. The Hall–Kier alpha value is -2.86. The first kappa shape index (κ1) is 15.7. The largest absolute Gasteiger partial charge is 0.480 e. The summed E-state index contributed by atoms with van der Waals surface area (Å²) in [5.41, 5.74) is 3.76. The monoisotopic (exact) mass is 357 g/mol. The number of benzene rings is 2. The zero-order valence-corrected chi connectivity index (χ0v) is 14.0. The molecule has 7 heteroatoms. The maximum absolute atomic E-state index is 13.2. The number of ether oxygens (including phenoxy) is 1. The molecule has 1 aromatic heterocycles. The van der Waals surface area contributed by atoms with E-state index < -0.39 is 0 Å². The van der Waals surface area contributed by atoms with E-state index in [-0.39, 0.29) is 18.3 Å². The normalized spacial score (nSPS) is 13.2. The predicted molar refractivity (Wildman–Crippen MR) is 93.2 cm³/mol. The summed E-state index contributed by atoms with van der Waals surface area (Å²) in [6, 6.07) is 9.76. The van der Waals surface area contributed by atoms with Crippen molar-refractivity contribution >= 4 is 23.2 Å². The number of carbonyl (C=O) groups excluding carboxylic acids is 1. The summed E-state index contributed by atoms with van der Waals surface area (Å²) in [4.78, 5) is 11.6. The minimum atomic E-state index is -0.302. The smallest absolute Gasteiger partial charge is 0.262 e. The molecule has 0 bridgehead atoms. The number of fused-ring (bicyclic) bond motifs is 1. The minimum Gasteiger partial charge on any atom is -0.480 e. The molecular weight excluding hydrogens is 345 g/mol. The SMILES string of the molecule is Cn1ncc(-c2cc(Cl)c3c(c2)NC(=O)CO3)c1-c1ccc(F)cc1. The summed E-state index contributed by atoms with van der Waals surface area (Å²) in [5, 5.41) is 7.47. The number of anilines is 1. The van der Waals surface area contributed by atoms with Crippen molar-refractivity contribution in [3.05, 3.63) is 53.4 Å². The molecular formula is C18H13ClFN3O2. The summed E-state index contributed by atoms with van der Waals surface area (Å²) in [6.07, 6.45) is 1.71. The molecule has 3 aromatic rings. The van der Waals surface area contributed by atoms with Crippen molar-refractivity contribution in [1.29, 1.82) is 0 Å². The summed E-state index contributed by atoms with van der Waals surface area (Å²) in [6.45, 7) is -0.0558. The fourth-order valence-corrected chi connectivity index (χ4v) is 3.19. The van der Waals surface area contributed by atoms with E-state index in [0.29, 0.717) is 16.5 Å². The lowest BCUT2D eigenvalue weighted by atomic mass is 10.0. The Kier molecular flexibility index (Phi) is 3.69. The molecule has 126 valence electrons. The Bertz CT molecular complexity index is 983. The van der Waals surface area contributed by atoms with Crippen molar-refractivity contribution < 1.29 is 13.9 Å². The fraction of sp³-hybridized carbons (Fsp3) is 0.111. The van der Waals surface area contributed by atoms with E-state index in [1.807, 2.05) is 7.05 Å². The quantitative estimate of drug-likeness (QED) is 0.757. The Balaban J connectivity index is 1.86. The average Bonchev–Trinajstić information content (AvgIpc) is 2.97. The van der Waals surface area contributed by atoms with Crippen LogP contribution in [0.2, 0.25) is 5.02 Å². The molecule has 0 atom stereocenters. The molecule has 0 fully saturated rings. The molecule has 2 heterocycles. The van der Waals surface area contributed by atoms with Crippen LogP contribution in [0.15, 0.2) is 42.6 Å². The predicted octanol–water partition coefficient (Wildman–Crippen LogP) is 3.88. The number of rotatable bonds is 2. The zero-order chi connectivity index (χ0) is 17.6. The summed E-state index contributed by atoms with van der Waals surface area (Å²) in [7, 11) is 1.81. The van der Waals surface area contributed by atoms with Gasteiger partial charge in [-0.2, -0.15) is 5.10 Å². The molecule has 0 aliphatic carbocycles. The highest BCUT2D eigenvalue weighted by atomic mass is 35.5. The maximum Gasteiger partial charge on any atom is 0.262 e. The van der Waals surface area contributed by atoms with Crippen molar-refractivity contribution in [2.75, 3.05) is 11.9 Å². The third kappa shape index (κ3) is 2.74. The first-order valence-corrected chi connectivity index (χ1v) is 7.95. The van der Waals surface area contributed by atoms with Crippen LogP contribution in [0.25, 0.3) is 22.4 Å². The van der Waals surface area contributed by atoms with E-state index in [4.69, 9.17) is 16.3 Å². The summed E-state index contributed by atoms with van der Waals surface area (Å²) >= 11 is 6.32. The fourth-order valence-electron chi connectivity index (χ4n) is 2.91. The van der Waals surface area contributed by atoms with Gasteiger partial charge < -0.3 is 10.1 Å². The lowest BCUT2D eigenvalue weighted by molar-refractivity contribution is -0.118. The second kappa shape index (κ2) is 5.89. The molecule has 0 saturated carbocycles. The lowest BCUT2D eigenvalue weighted by Gasteiger charge is -2.20. The van der Waals surface area contributed by atoms with Gasteiger partial charge >= 0.3 is 0 Å². The van der Waals surface area contributed by atoms with Crippen molar-refractivity contribution in [3.63, 3.8) is 0 Å². The Morgan fingerprint density at radius 1 is 1.24 bits per heavy atom. The number of nitrogens with one attached hydrogen (secondary N) is 1. The Morgan fingerprint density at radius 3 is 2.76 bits per heavy atom. The topological polar surface area (TPSA) is 56.2 Å². The first-order valence-electron chi connectivity index (χ1n) is 7.57. The van der Waals surface area contributed by atoms with Crippen LogP contribution in [0.1, 0.15) is 0 Å². The van der Waals surface area contributed by atoms with Crippen molar-refractivity contribution in [2.45, 2.75) is 0 Å². The van der Waals surface area contributed by atoms with E-state index in [1.165, 1.54) is 12.1 Å². The lowest BCUT2D eigenvalue weighted by Crippen LogP contribution is -2.25. The van der Waals surface area contributed by atoms with Gasteiger partial charge in [-0.1, -0.05) is 11.6 Å². The van der Waals surface area contributed by atoms with Gasteiger partial charge in [0.1, 0.15) is 5.82 Å². The van der Waals surface area contributed by atoms with Crippen molar-refractivity contribution in [2.24, 2.45) is 7.05 Å². The van der Waals surface area contributed by atoms with Crippen LogP contribution < -0.4 is 10.1 Å². The second-order valence-electron chi connectivity index (χ2n) is 5.71. The third-order valence-electron chi connectivity index (χ3n) is 4.03. The van der Waals surface area contributed by atoms with Gasteiger partial charge in [-0.25, -0.2) is 4.39 Å². The molecule has 0 spiro atoms. The molecule has 25 heavy (non-hydrogen) atoms. The number of amides is 1. The number of aryl methyl sites for hydroxylation is 1. The Labute approximate surface area is 148 Å². The second-order valence-corrected chi connectivity index (χ2v) is 6.12. The molecule has 0 saturated heterocycles. The molecule has 1 amide bonds. The third-order valence-corrected chi connectivity index (χ3v) is 4.31. The minimum absolute atomic E-state index is 0.0558. The molecule has 5 nitrogen and oxygen atoms in total. The number of aromatic nitrogens is 2.